The highest BCUT2D eigenvalue weighted by molar-refractivity contribution is 5.42. The first-order chi connectivity index (χ1) is 8.22. The Morgan fingerprint density at radius 1 is 1.53 bits per heavy atom. The number of aryl methyl sites for hydroxylation is 1. The molecule has 0 saturated carbocycles. The van der Waals surface area contributed by atoms with E-state index < -0.39 is 0 Å². The number of rotatable bonds is 3. The summed E-state index contributed by atoms with van der Waals surface area (Å²) in [6.07, 6.45) is 2.39. The molecular weight excluding hydrogens is 216 g/mol. The lowest BCUT2D eigenvalue weighted by atomic mass is 9.98. The molecule has 0 bridgehead atoms. The minimum Gasteiger partial charge on any atom is -0.481 e. The third-order valence-corrected chi connectivity index (χ3v) is 3.19. The molecule has 1 unspecified atom stereocenters. The van der Waals surface area contributed by atoms with Crippen molar-refractivity contribution in [2.75, 3.05) is 31.6 Å². The lowest BCUT2D eigenvalue weighted by molar-refractivity contribution is 0.393. The van der Waals surface area contributed by atoms with Crippen molar-refractivity contribution in [3.05, 3.63) is 11.9 Å². The van der Waals surface area contributed by atoms with E-state index in [1.54, 1.807) is 7.11 Å². The van der Waals surface area contributed by atoms with Crippen molar-refractivity contribution in [3.8, 4) is 5.88 Å². The second kappa shape index (κ2) is 5.31. The maximum atomic E-state index is 5.75. The fraction of sp³-hybridized carbons (Fsp3) is 0.667. The smallest absolute Gasteiger partial charge is 0.218 e. The molecule has 2 rings (SSSR count). The number of anilines is 1. The van der Waals surface area contributed by atoms with Gasteiger partial charge in [-0.1, -0.05) is 0 Å². The van der Waals surface area contributed by atoms with Gasteiger partial charge in [0.15, 0.2) is 0 Å². The van der Waals surface area contributed by atoms with Crippen LogP contribution in [0.3, 0.4) is 0 Å². The summed E-state index contributed by atoms with van der Waals surface area (Å²) >= 11 is 0. The molecule has 0 aliphatic carbocycles. The second-order valence-electron chi connectivity index (χ2n) is 4.51. The third kappa shape index (κ3) is 2.85. The molecule has 1 aliphatic heterocycles. The van der Waals surface area contributed by atoms with Gasteiger partial charge < -0.3 is 15.4 Å². The van der Waals surface area contributed by atoms with Gasteiger partial charge in [0, 0.05) is 19.2 Å². The summed E-state index contributed by atoms with van der Waals surface area (Å²) in [6, 6.07) is 1.89. The van der Waals surface area contributed by atoms with E-state index in [1.165, 1.54) is 12.8 Å². The SMILES string of the molecule is COc1cc(N2CCCC(CN)C2)nc(C)n1. The predicted molar refractivity (Wildman–Crippen MR) is 67.3 cm³/mol. The number of nitrogens with two attached hydrogens (primary N) is 1. The van der Waals surface area contributed by atoms with E-state index in [9.17, 15) is 0 Å². The predicted octanol–water partition coefficient (Wildman–Crippen LogP) is 0.969. The Bertz CT molecular complexity index is 383. The Hall–Kier alpha value is -1.36. The first-order valence-electron chi connectivity index (χ1n) is 6.07. The maximum Gasteiger partial charge on any atom is 0.218 e. The molecule has 1 aliphatic rings. The molecule has 0 aromatic carbocycles. The van der Waals surface area contributed by atoms with E-state index in [-0.39, 0.29) is 0 Å². The highest BCUT2D eigenvalue weighted by Crippen LogP contribution is 2.23. The van der Waals surface area contributed by atoms with E-state index in [0.717, 1.165) is 31.3 Å². The number of nitrogens with zero attached hydrogens (tertiary/aromatic N) is 3. The standard InChI is InChI=1S/C12H20N4O/c1-9-14-11(6-12(15-9)17-2)16-5-3-4-10(7-13)8-16/h6,10H,3-5,7-8,13H2,1-2H3. The van der Waals surface area contributed by atoms with Crippen LogP contribution in [0.25, 0.3) is 0 Å². The monoisotopic (exact) mass is 236 g/mol. The summed E-state index contributed by atoms with van der Waals surface area (Å²) in [5, 5.41) is 0. The fourth-order valence-electron chi connectivity index (χ4n) is 2.26. The van der Waals surface area contributed by atoms with Gasteiger partial charge in [-0.25, -0.2) is 4.98 Å². The lowest BCUT2D eigenvalue weighted by Gasteiger charge is -2.33. The van der Waals surface area contributed by atoms with Crippen LogP contribution in [0.5, 0.6) is 5.88 Å². The average molecular weight is 236 g/mol. The van der Waals surface area contributed by atoms with Crippen molar-refractivity contribution in [1.82, 2.24) is 9.97 Å². The van der Waals surface area contributed by atoms with Crippen LogP contribution in [0.1, 0.15) is 18.7 Å². The minimum atomic E-state index is 0.574. The quantitative estimate of drug-likeness (QED) is 0.847. The van der Waals surface area contributed by atoms with Crippen LogP contribution in [-0.2, 0) is 0 Å². The second-order valence-corrected chi connectivity index (χ2v) is 4.51. The number of ether oxygens (including phenoxy) is 1. The van der Waals surface area contributed by atoms with E-state index in [0.29, 0.717) is 11.8 Å². The molecule has 0 amide bonds. The Labute approximate surface area is 102 Å². The van der Waals surface area contributed by atoms with E-state index in [2.05, 4.69) is 14.9 Å². The van der Waals surface area contributed by atoms with Crippen molar-refractivity contribution in [3.63, 3.8) is 0 Å². The summed E-state index contributed by atoms with van der Waals surface area (Å²) in [5.41, 5.74) is 5.75. The van der Waals surface area contributed by atoms with Gasteiger partial charge in [-0.3, -0.25) is 0 Å². The lowest BCUT2D eigenvalue weighted by Crippen LogP contribution is -2.38. The molecule has 0 spiro atoms. The summed E-state index contributed by atoms with van der Waals surface area (Å²) in [7, 11) is 1.63. The van der Waals surface area contributed by atoms with Crippen LogP contribution in [-0.4, -0.2) is 36.7 Å². The fourth-order valence-corrected chi connectivity index (χ4v) is 2.26. The van der Waals surface area contributed by atoms with Crippen LogP contribution in [0.15, 0.2) is 6.07 Å². The van der Waals surface area contributed by atoms with Crippen molar-refractivity contribution < 1.29 is 4.74 Å². The van der Waals surface area contributed by atoms with Gasteiger partial charge in [-0.2, -0.15) is 4.98 Å². The first kappa shape index (κ1) is 12.1. The zero-order valence-corrected chi connectivity index (χ0v) is 10.5. The Kier molecular flexibility index (Phi) is 3.78. The van der Waals surface area contributed by atoms with Gasteiger partial charge >= 0.3 is 0 Å². The van der Waals surface area contributed by atoms with Gasteiger partial charge in [0.1, 0.15) is 11.6 Å². The van der Waals surface area contributed by atoms with E-state index >= 15 is 0 Å². The van der Waals surface area contributed by atoms with Crippen LogP contribution in [0.2, 0.25) is 0 Å². The first-order valence-corrected chi connectivity index (χ1v) is 6.07. The molecule has 2 N–H and O–H groups in total. The molecule has 1 atom stereocenters. The highest BCUT2D eigenvalue weighted by atomic mass is 16.5. The maximum absolute atomic E-state index is 5.75. The van der Waals surface area contributed by atoms with Gasteiger partial charge in [0.2, 0.25) is 5.88 Å². The van der Waals surface area contributed by atoms with E-state index in [1.807, 2.05) is 13.0 Å². The highest BCUT2D eigenvalue weighted by Gasteiger charge is 2.20. The third-order valence-electron chi connectivity index (χ3n) is 3.19. The largest absolute Gasteiger partial charge is 0.481 e. The summed E-state index contributed by atoms with van der Waals surface area (Å²) in [4.78, 5) is 10.9. The van der Waals surface area contributed by atoms with E-state index in [4.69, 9.17) is 10.5 Å². The van der Waals surface area contributed by atoms with Gasteiger partial charge in [-0.15, -0.1) is 0 Å². The zero-order valence-electron chi connectivity index (χ0n) is 10.5. The van der Waals surface area contributed by atoms with Crippen molar-refractivity contribution >= 4 is 5.82 Å². The van der Waals surface area contributed by atoms with Crippen molar-refractivity contribution in [1.29, 1.82) is 0 Å². The molecule has 5 nitrogen and oxygen atoms in total. The molecule has 1 aromatic heterocycles. The molecule has 17 heavy (non-hydrogen) atoms. The molecule has 94 valence electrons. The number of hydrogen-bond acceptors (Lipinski definition) is 5. The molecular formula is C12H20N4O. The Balaban J connectivity index is 2.18. The minimum absolute atomic E-state index is 0.574. The number of aromatic nitrogens is 2. The van der Waals surface area contributed by atoms with Crippen molar-refractivity contribution in [2.45, 2.75) is 19.8 Å². The zero-order chi connectivity index (χ0) is 12.3. The van der Waals surface area contributed by atoms with Crippen LogP contribution in [0, 0.1) is 12.8 Å². The van der Waals surface area contributed by atoms with Crippen molar-refractivity contribution in [2.24, 2.45) is 11.7 Å². The average Bonchev–Trinajstić information content (AvgIpc) is 2.38. The van der Waals surface area contributed by atoms with Gasteiger partial charge in [-0.05, 0) is 32.2 Å². The molecule has 1 aromatic rings. The molecule has 5 heteroatoms. The molecule has 2 heterocycles. The molecule has 0 radical (unpaired) electrons. The van der Waals surface area contributed by atoms with Gasteiger partial charge in [0.05, 0.1) is 7.11 Å². The Morgan fingerprint density at radius 2 is 2.35 bits per heavy atom. The van der Waals surface area contributed by atoms with Crippen LogP contribution in [0.4, 0.5) is 5.82 Å². The number of hydrogen-bond donors (Lipinski definition) is 1. The molecule has 1 saturated heterocycles. The summed E-state index contributed by atoms with van der Waals surface area (Å²) < 4.78 is 5.18. The van der Waals surface area contributed by atoms with Crippen LogP contribution < -0.4 is 15.4 Å². The normalized spacial score (nSPS) is 20.4. The summed E-state index contributed by atoms with van der Waals surface area (Å²) in [6.45, 7) is 4.65. The van der Waals surface area contributed by atoms with Gasteiger partial charge in [0.25, 0.3) is 0 Å². The molecule has 1 fully saturated rings. The Morgan fingerprint density at radius 3 is 3.06 bits per heavy atom. The van der Waals surface area contributed by atoms with Crippen LogP contribution >= 0.6 is 0 Å². The topological polar surface area (TPSA) is 64.3 Å². The number of piperidine rings is 1. The summed E-state index contributed by atoms with van der Waals surface area (Å²) in [5.74, 6) is 2.90. The number of methoxy groups -OCH3 is 1.